The second-order valence-corrected chi connectivity index (χ2v) is 6.40. The van der Waals surface area contributed by atoms with Crippen molar-refractivity contribution in [1.82, 2.24) is 19.9 Å². The molecule has 8 heteroatoms. The van der Waals surface area contributed by atoms with Gasteiger partial charge in [-0.05, 0) is 12.1 Å². The number of amides is 1. The van der Waals surface area contributed by atoms with Crippen molar-refractivity contribution in [3.05, 3.63) is 70.5 Å². The number of carbonyl (C=O) groups is 2. The van der Waals surface area contributed by atoms with Crippen molar-refractivity contribution >= 4 is 22.8 Å². The second kappa shape index (κ2) is 8.43. The summed E-state index contributed by atoms with van der Waals surface area (Å²) < 4.78 is 6.53. The van der Waals surface area contributed by atoms with Crippen molar-refractivity contribution in [3.63, 3.8) is 0 Å². The number of carbonyl (C=O) groups excluding carboxylic acids is 2. The fourth-order valence-corrected chi connectivity index (χ4v) is 2.68. The minimum Gasteiger partial charge on any atom is -0.447 e. The van der Waals surface area contributed by atoms with Crippen molar-refractivity contribution in [3.8, 4) is 0 Å². The van der Waals surface area contributed by atoms with Crippen LogP contribution in [0.2, 0.25) is 0 Å². The average Bonchev–Trinajstić information content (AvgIpc) is 2.72. The Hall–Kier alpha value is -3.55. The molecule has 3 rings (SSSR count). The molecule has 0 saturated carbocycles. The minimum atomic E-state index is -1.04. The van der Waals surface area contributed by atoms with Crippen molar-refractivity contribution in [2.45, 2.75) is 19.1 Å². The number of ether oxygens (including phenoxy) is 1. The van der Waals surface area contributed by atoms with Crippen LogP contribution in [0.1, 0.15) is 18.1 Å². The van der Waals surface area contributed by atoms with Gasteiger partial charge in [-0.25, -0.2) is 4.68 Å². The normalized spacial score (nSPS) is 11.8. The van der Waals surface area contributed by atoms with Crippen molar-refractivity contribution < 1.29 is 14.3 Å². The standard InChI is InChI=1S/C20H20N4O4/c1-23(2)20(27)18(14-8-4-3-5-9-14)28-17(25)12-13-24-19(26)15-10-6-7-11-16(15)21-22-24/h3-11,18H,12-13H2,1-2H3/t18-/m0/s1. The number of hydrogen-bond donors (Lipinski definition) is 0. The molecule has 0 unspecified atom stereocenters. The molecule has 0 saturated heterocycles. The van der Waals surface area contributed by atoms with Gasteiger partial charge in [0.25, 0.3) is 11.5 Å². The first-order chi connectivity index (χ1) is 13.5. The van der Waals surface area contributed by atoms with Gasteiger partial charge in [-0.3, -0.25) is 14.4 Å². The van der Waals surface area contributed by atoms with Crippen molar-refractivity contribution in [1.29, 1.82) is 0 Å². The van der Waals surface area contributed by atoms with Gasteiger partial charge in [0.15, 0.2) is 0 Å². The van der Waals surface area contributed by atoms with E-state index in [1.807, 2.05) is 6.07 Å². The summed E-state index contributed by atoms with van der Waals surface area (Å²) in [7, 11) is 3.19. The third-order valence-electron chi connectivity index (χ3n) is 4.17. The van der Waals surface area contributed by atoms with Gasteiger partial charge in [-0.1, -0.05) is 47.7 Å². The molecule has 8 nitrogen and oxygen atoms in total. The average molecular weight is 380 g/mol. The Labute approximate surface area is 161 Å². The van der Waals surface area contributed by atoms with E-state index in [1.165, 1.54) is 4.90 Å². The Morgan fingerprint density at radius 1 is 1.07 bits per heavy atom. The van der Waals surface area contributed by atoms with Gasteiger partial charge in [0.2, 0.25) is 6.10 Å². The fraction of sp³-hybridized carbons (Fsp3) is 0.250. The Morgan fingerprint density at radius 2 is 1.75 bits per heavy atom. The largest absolute Gasteiger partial charge is 0.447 e. The molecule has 0 N–H and O–H groups in total. The molecule has 0 radical (unpaired) electrons. The van der Waals surface area contributed by atoms with Crippen LogP contribution in [-0.2, 0) is 20.9 Å². The predicted molar refractivity (Wildman–Crippen MR) is 102 cm³/mol. The molecule has 1 amide bonds. The molecule has 3 aromatic rings. The van der Waals surface area contributed by atoms with Crippen LogP contribution in [0, 0.1) is 0 Å². The quantitative estimate of drug-likeness (QED) is 0.602. The van der Waals surface area contributed by atoms with Crippen LogP contribution >= 0.6 is 0 Å². The van der Waals surface area contributed by atoms with Gasteiger partial charge in [0.05, 0.1) is 18.4 Å². The van der Waals surface area contributed by atoms with E-state index in [2.05, 4.69) is 10.3 Å². The predicted octanol–water partition coefficient (Wildman–Crippen LogP) is 1.55. The van der Waals surface area contributed by atoms with Gasteiger partial charge in [0.1, 0.15) is 5.52 Å². The summed E-state index contributed by atoms with van der Waals surface area (Å²) in [5, 5.41) is 8.26. The van der Waals surface area contributed by atoms with E-state index in [4.69, 9.17) is 4.74 Å². The topological polar surface area (TPSA) is 94.4 Å². The summed E-state index contributed by atoms with van der Waals surface area (Å²) in [6, 6.07) is 15.6. The molecule has 0 spiro atoms. The maximum Gasteiger partial charge on any atom is 0.308 e. The maximum atomic E-state index is 12.4. The van der Waals surface area contributed by atoms with Crippen LogP contribution < -0.4 is 5.56 Å². The zero-order valence-corrected chi connectivity index (χ0v) is 15.6. The van der Waals surface area contributed by atoms with Crippen molar-refractivity contribution in [2.24, 2.45) is 0 Å². The van der Waals surface area contributed by atoms with Gasteiger partial charge < -0.3 is 9.64 Å². The highest BCUT2D eigenvalue weighted by atomic mass is 16.5. The van der Waals surface area contributed by atoms with Gasteiger partial charge in [-0.15, -0.1) is 5.10 Å². The Morgan fingerprint density at radius 3 is 2.46 bits per heavy atom. The number of benzene rings is 2. The summed E-state index contributed by atoms with van der Waals surface area (Å²) >= 11 is 0. The maximum absolute atomic E-state index is 12.4. The monoisotopic (exact) mass is 380 g/mol. The van der Waals surface area contributed by atoms with E-state index in [-0.39, 0.29) is 24.4 Å². The van der Waals surface area contributed by atoms with E-state index in [9.17, 15) is 14.4 Å². The highest BCUT2D eigenvalue weighted by molar-refractivity contribution is 5.84. The summed E-state index contributed by atoms with van der Waals surface area (Å²) in [6.07, 6.45) is -1.15. The van der Waals surface area contributed by atoms with Crippen molar-refractivity contribution in [2.75, 3.05) is 14.1 Å². The van der Waals surface area contributed by atoms with Crippen LogP contribution in [0.4, 0.5) is 0 Å². The van der Waals surface area contributed by atoms with Crippen LogP contribution in [0.15, 0.2) is 59.4 Å². The molecular weight excluding hydrogens is 360 g/mol. The number of likely N-dealkylation sites (N-methyl/N-ethyl adjacent to an activating group) is 1. The molecule has 0 aliphatic carbocycles. The summed E-state index contributed by atoms with van der Waals surface area (Å²) in [4.78, 5) is 38.6. The lowest BCUT2D eigenvalue weighted by molar-refractivity contribution is -0.160. The van der Waals surface area contributed by atoms with Crippen LogP contribution in [-0.4, -0.2) is 45.9 Å². The number of esters is 1. The molecule has 1 heterocycles. The van der Waals surface area contributed by atoms with Gasteiger partial charge >= 0.3 is 5.97 Å². The van der Waals surface area contributed by atoms with E-state index in [1.54, 1.807) is 62.6 Å². The Kier molecular flexibility index (Phi) is 5.78. The third kappa shape index (κ3) is 4.22. The molecule has 0 aliphatic rings. The first kappa shape index (κ1) is 19.2. The second-order valence-electron chi connectivity index (χ2n) is 6.40. The number of fused-ring (bicyclic) bond motifs is 1. The smallest absolute Gasteiger partial charge is 0.308 e. The lowest BCUT2D eigenvalue weighted by Crippen LogP contribution is -2.32. The Balaban J connectivity index is 1.72. The van der Waals surface area contributed by atoms with Crippen LogP contribution in [0.25, 0.3) is 10.9 Å². The minimum absolute atomic E-state index is 0.00711. The highest BCUT2D eigenvalue weighted by Crippen LogP contribution is 2.20. The molecule has 1 aromatic heterocycles. The van der Waals surface area contributed by atoms with Gasteiger partial charge in [0, 0.05) is 19.7 Å². The molecule has 144 valence electrons. The first-order valence-electron chi connectivity index (χ1n) is 8.75. The number of rotatable bonds is 6. The highest BCUT2D eigenvalue weighted by Gasteiger charge is 2.26. The summed E-state index contributed by atoms with van der Waals surface area (Å²) in [5.41, 5.74) is 0.742. The van der Waals surface area contributed by atoms with E-state index in [0.29, 0.717) is 16.5 Å². The number of aryl methyl sites for hydroxylation is 1. The van der Waals surface area contributed by atoms with E-state index in [0.717, 1.165) is 4.68 Å². The van der Waals surface area contributed by atoms with E-state index >= 15 is 0 Å². The number of aromatic nitrogens is 3. The lowest BCUT2D eigenvalue weighted by Gasteiger charge is -2.21. The molecule has 28 heavy (non-hydrogen) atoms. The van der Waals surface area contributed by atoms with E-state index < -0.39 is 12.1 Å². The fourth-order valence-electron chi connectivity index (χ4n) is 2.68. The molecule has 0 bridgehead atoms. The molecule has 1 atom stereocenters. The Bertz CT molecular complexity index is 1050. The van der Waals surface area contributed by atoms with Gasteiger partial charge in [-0.2, -0.15) is 0 Å². The molecule has 0 aliphatic heterocycles. The number of nitrogens with zero attached hydrogens (tertiary/aromatic N) is 4. The SMILES string of the molecule is CN(C)C(=O)[C@@H](OC(=O)CCn1nnc2ccccc2c1=O)c1ccccc1. The molecule has 2 aromatic carbocycles. The zero-order chi connectivity index (χ0) is 20.1. The summed E-state index contributed by atoms with van der Waals surface area (Å²) in [5.74, 6) is -0.951. The summed E-state index contributed by atoms with van der Waals surface area (Å²) in [6.45, 7) is 0.00711. The van der Waals surface area contributed by atoms with Crippen LogP contribution in [0.5, 0.6) is 0 Å². The third-order valence-corrected chi connectivity index (χ3v) is 4.17. The number of hydrogen-bond acceptors (Lipinski definition) is 6. The first-order valence-corrected chi connectivity index (χ1v) is 8.75. The zero-order valence-electron chi connectivity index (χ0n) is 15.6. The molecular formula is C20H20N4O4. The molecule has 0 fully saturated rings. The lowest BCUT2D eigenvalue weighted by atomic mass is 10.1. The van der Waals surface area contributed by atoms with Crippen LogP contribution in [0.3, 0.4) is 0 Å².